The summed E-state index contributed by atoms with van der Waals surface area (Å²) in [5.41, 5.74) is 1.87. The van der Waals surface area contributed by atoms with Crippen LogP contribution in [0, 0.1) is 11.6 Å². The molecule has 148 valence electrons. The topological polar surface area (TPSA) is 48.5 Å². The molecule has 1 aliphatic rings. The van der Waals surface area contributed by atoms with Gasteiger partial charge in [-0.15, -0.1) is 0 Å². The second kappa shape index (κ2) is 8.06. The van der Waals surface area contributed by atoms with E-state index in [1.165, 1.54) is 18.3 Å². The van der Waals surface area contributed by atoms with Crippen LogP contribution in [-0.4, -0.2) is 55.3 Å². The monoisotopic (exact) mass is 386 g/mol. The summed E-state index contributed by atoms with van der Waals surface area (Å²) >= 11 is 0. The van der Waals surface area contributed by atoms with Crippen molar-refractivity contribution in [2.45, 2.75) is 12.5 Å². The molecule has 1 aromatic heterocycles. The molecule has 7 heteroatoms. The summed E-state index contributed by atoms with van der Waals surface area (Å²) in [4.78, 5) is 21.5. The normalized spacial score (nSPS) is 16.1. The SMILES string of the molecule is CN(C)/C=C(/C(=O)C1CNc2ncc(CN(C)C)cc21)c1cccc(F)c1F. The zero-order valence-corrected chi connectivity index (χ0v) is 16.5. The van der Waals surface area contributed by atoms with Gasteiger partial charge in [-0.3, -0.25) is 4.79 Å². The van der Waals surface area contributed by atoms with Crippen molar-refractivity contribution in [1.29, 1.82) is 0 Å². The molecular formula is C21H24F2N4O. The van der Waals surface area contributed by atoms with E-state index in [-0.39, 0.29) is 16.9 Å². The number of carbonyl (C=O) groups excluding carboxylic acids is 1. The Balaban J connectivity index is 2.01. The number of halogens is 2. The van der Waals surface area contributed by atoms with Crippen molar-refractivity contribution in [3.63, 3.8) is 0 Å². The fourth-order valence-electron chi connectivity index (χ4n) is 3.36. The van der Waals surface area contributed by atoms with Gasteiger partial charge >= 0.3 is 0 Å². The minimum Gasteiger partial charge on any atom is -0.383 e. The lowest BCUT2D eigenvalue weighted by atomic mass is 9.89. The zero-order chi connectivity index (χ0) is 20.4. The molecule has 1 atom stereocenters. The van der Waals surface area contributed by atoms with Gasteiger partial charge < -0.3 is 15.1 Å². The molecule has 0 fully saturated rings. The van der Waals surface area contributed by atoms with Crippen LogP contribution in [0.25, 0.3) is 5.57 Å². The van der Waals surface area contributed by atoms with Crippen molar-refractivity contribution >= 4 is 17.2 Å². The summed E-state index contributed by atoms with van der Waals surface area (Å²) in [6.45, 7) is 1.06. The maximum absolute atomic E-state index is 14.4. The lowest BCUT2D eigenvalue weighted by molar-refractivity contribution is -0.114. The first kappa shape index (κ1) is 19.9. The van der Waals surface area contributed by atoms with E-state index >= 15 is 0 Å². The fourth-order valence-corrected chi connectivity index (χ4v) is 3.36. The highest BCUT2D eigenvalue weighted by Gasteiger charge is 2.33. The molecule has 28 heavy (non-hydrogen) atoms. The Labute approximate surface area is 163 Å². The molecule has 5 nitrogen and oxygen atoms in total. The van der Waals surface area contributed by atoms with Crippen LogP contribution in [0.2, 0.25) is 0 Å². The van der Waals surface area contributed by atoms with Crippen LogP contribution < -0.4 is 5.32 Å². The minimum absolute atomic E-state index is 0.0374. The molecule has 1 aromatic carbocycles. The van der Waals surface area contributed by atoms with Crippen LogP contribution in [-0.2, 0) is 11.3 Å². The summed E-state index contributed by atoms with van der Waals surface area (Å²) < 4.78 is 28.2. The number of aromatic nitrogens is 1. The lowest BCUT2D eigenvalue weighted by Crippen LogP contribution is -2.19. The highest BCUT2D eigenvalue weighted by Crippen LogP contribution is 2.35. The van der Waals surface area contributed by atoms with E-state index in [0.717, 1.165) is 17.2 Å². The van der Waals surface area contributed by atoms with Crippen molar-refractivity contribution in [2.75, 3.05) is 40.1 Å². The van der Waals surface area contributed by atoms with Crippen LogP contribution in [0.4, 0.5) is 14.6 Å². The van der Waals surface area contributed by atoms with Crippen molar-refractivity contribution < 1.29 is 13.6 Å². The highest BCUT2D eigenvalue weighted by molar-refractivity contribution is 6.24. The van der Waals surface area contributed by atoms with Crippen LogP contribution in [0.1, 0.15) is 22.6 Å². The molecule has 2 heterocycles. The number of nitrogens with zero attached hydrogens (tertiary/aromatic N) is 3. The molecule has 0 amide bonds. The Morgan fingerprint density at radius 2 is 2.04 bits per heavy atom. The van der Waals surface area contributed by atoms with E-state index < -0.39 is 17.6 Å². The predicted molar refractivity (Wildman–Crippen MR) is 106 cm³/mol. The quantitative estimate of drug-likeness (QED) is 0.773. The van der Waals surface area contributed by atoms with Crippen molar-refractivity contribution in [1.82, 2.24) is 14.8 Å². The first-order valence-corrected chi connectivity index (χ1v) is 9.02. The van der Waals surface area contributed by atoms with E-state index in [0.29, 0.717) is 18.9 Å². The van der Waals surface area contributed by atoms with E-state index in [2.05, 4.69) is 10.3 Å². The number of carbonyl (C=O) groups is 1. The molecule has 1 aliphatic heterocycles. The second-order valence-electron chi connectivity index (χ2n) is 7.42. The van der Waals surface area contributed by atoms with Gasteiger partial charge in [-0.05, 0) is 31.8 Å². The van der Waals surface area contributed by atoms with Crippen LogP contribution in [0.5, 0.6) is 0 Å². The Morgan fingerprint density at radius 3 is 2.71 bits per heavy atom. The summed E-state index contributed by atoms with van der Waals surface area (Å²) in [7, 11) is 7.39. The number of allylic oxidation sites excluding steroid dienone is 1. The first-order valence-electron chi connectivity index (χ1n) is 9.02. The summed E-state index contributed by atoms with van der Waals surface area (Å²) in [6, 6.07) is 5.83. The van der Waals surface area contributed by atoms with Gasteiger partial charge in [0.2, 0.25) is 0 Å². The first-order chi connectivity index (χ1) is 13.3. The van der Waals surface area contributed by atoms with Gasteiger partial charge in [-0.25, -0.2) is 13.8 Å². The molecular weight excluding hydrogens is 362 g/mol. The zero-order valence-electron chi connectivity index (χ0n) is 16.5. The molecule has 1 unspecified atom stereocenters. The smallest absolute Gasteiger partial charge is 0.174 e. The second-order valence-corrected chi connectivity index (χ2v) is 7.42. The van der Waals surface area contributed by atoms with Gasteiger partial charge in [0.15, 0.2) is 17.4 Å². The average Bonchev–Trinajstić information content (AvgIpc) is 3.04. The van der Waals surface area contributed by atoms with Gasteiger partial charge in [0, 0.05) is 56.3 Å². The summed E-state index contributed by atoms with van der Waals surface area (Å²) in [5.74, 6) is -2.12. The van der Waals surface area contributed by atoms with Crippen LogP contribution in [0.3, 0.4) is 0 Å². The van der Waals surface area contributed by atoms with E-state index in [4.69, 9.17) is 0 Å². The van der Waals surface area contributed by atoms with Crippen molar-refractivity contribution in [2.24, 2.45) is 0 Å². The molecule has 0 saturated carbocycles. The average molecular weight is 386 g/mol. The van der Waals surface area contributed by atoms with E-state index in [1.54, 1.807) is 25.2 Å². The standard InChI is InChI=1S/C21H24F2N4O/c1-26(2)11-13-8-15-16(10-25-21(15)24-9-13)20(28)17(12-27(3)4)14-6-5-7-18(22)19(14)23/h5-9,12,16H,10-11H2,1-4H3,(H,24,25)/b17-12+. The third-order valence-electron chi connectivity index (χ3n) is 4.53. The highest BCUT2D eigenvalue weighted by atomic mass is 19.2. The van der Waals surface area contributed by atoms with Gasteiger partial charge in [0.25, 0.3) is 0 Å². The molecule has 0 radical (unpaired) electrons. The summed E-state index contributed by atoms with van der Waals surface area (Å²) in [6.07, 6.45) is 3.32. The maximum Gasteiger partial charge on any atom is 0.174 e. The van der Waals surface area contributed by atoms with Crippen molar-refractivity contribution in [3.8, 4) is 0 Å². The van der Waals surface area contributed by atoms with Crippen LogP contribution >= 0.6 is 0 Å². The van der Waals surface area contributed by atoms with Crippen LogP contribution in [0.15, 0.2) is 36.7 Å². The lowest BCUT2D eigenvalue weighted by Gasteiger charge is -2.17. The van der Waals surface area contributed by atoms with Gasteiger partial charge in [0.05, 0.1) is 5.92 Å². The fraction of sp³-hybridized carbons (Fsp3) is 0.333. The van der Waals surface area contributed by atoms with Crippen molar-refractivity contribution in [3.05, 3.63) is 65.0 Å². The maximum atomic E-state index is 14.4. The molecule has 1 N–H and O–H groups in total. The van der Waals surface area contributed by atoms with Gasteiger partial charge in [0.1, 0.15) is 5.82 Å². The molecule has 0 aliphatic carbocycles. The Kier molecular flexibility index (Phi) is 5.74. The number of nitrogens with one attached hydrogen (secondary N) is 1. The minimum atomic E-state index is -1.02. The largest absolute Gasteiger partial charge is 0.383 e. The number of anilines is 1. The number of ketones is 1. The van der Waals surface area contributed by atoms with E-state index in [9.17, 15) is 13.6 Å². The predicted octanol–water partition coefficient (Wildman–Crippen LogP) is 3.10. The Hall–Kier alpha value is -2.80. The third kappa shape index (κ3) is 4.04. The number of Topliss-reactive ketones (excluding diaryl/α,β-unsaturated/α-hetero) is 1. The molecule has 2 aromatic rings. The number of fused-ring (bicyclic) bond motifs is 1. The van der Waals surface area contributed by atoms with E-state index in [1.807, 2.05) is 25.1 Å². The Morgan fingerprint density at radius 1 is 1.29 bits per heavy atom. The third-order valence-corrected chi connectivity index (χ3v) is 4.53. The molecule has 0 bridgehead atoms. The molecule has 3 rings (SSSR count). The molecule has 0 saturated heterocycles. The molecule has 0 spiro atoms. The number of benzene rings is 1. The Bertz CT molecular complexity index is 925. The number of hydrogen-bond donors (Lipinski definition) is 1. The number of rotatable bonds is 6. The van der Waals surface area contributed by atoms with Gasteiger partial charge in [-0.1, -0.05) is 12.1 Å². The number of hydrogen-bond acceptors (Lipinski definition) is 5. The number of pyridine rings is 1. The summed E-state index contributed by atoms with van der Waals surface area (Å²) in [5, 5.41) is 3.14. The van der Waals surface area contributed by atoms with Gasteiger partial charge in [-0.2, -0.15) is 0 Å².